The number of alkyl halides is 1. The Hall–Kier alpha value is -2.53. The van der Waals surface area contributed by atoms with Gasteiger partial charge < -0.3 is 14.2 Å². The fourth-order valence-corrected chi connectivity index (χ4v) is 2.54. The van der Waals surface area contributed by atoms with Crippen LogP contribution in [0.1, 0.15) is 5.56 Å². The van der Waals surface area contributed by atoms with Gasteiger partial charge in [0, 0.05) is 59.3 Å². The highest BCUT2D eigenvalue weighted by molar-refractivity contribution is 9.09. The van der Waals surface area contributed by atoms with Gasteiger partial charge in [0.25, 0.3) is 0 Å². The Morgan fingerprint density at radius 1 is 0.697 bits per heavy atom. The van der Waals surface area contributed by atoms with Crippen molar-refractivity contribution in [3.05, 3.63) is 67.2 Å². The normalized spacial score (nSPS) is 9.76. The number of ether oxygens (including phenoxy) is 3. The highest BCUT2D eigenvalue weighted by Gasteiger charge is 2.06. The topological polar surface area (TPSA) is 177 Å². The maximum atomic E-state index is 8.20. The zero-order valence-corrected chi connectivity index (χ0v) is 20.2. The van der Waals surface area contributed by atoms with Crippen molar-refractivity contribution in [3.63, 3.8) is 0 Å². The van der Waals surface area contributed by atoms with E-state index in [1.165, 1.54) is 5.56 Å². The van der Waals surface area contributed by atoms with Crippen molar-refractivity contribution in [1.82, 2.24) is 4.90 Å². The van der Waals surface area contributed by atoms with Gasteiger partial charge in [-0.3, -0.25) is 4.90 Å². The van der Waals surface area contributed by atoms with Gasteiger partial charge in [0.05, 0.1) is 39.6 Å². The van der Waals surface area contributed by atoms with Crippen LogP contribution in [0.4, 0.5) is 0 Å². The lowest BCUT2D eigenvalue weighted by atomic mass is 10.2. The predicted octanol–water partition coefficient (Wildman–Crippen LogP) is 4.85. The van der Waals surface area contributed by atoms with E-state index >= 15 is 0 Å². The Labute approximate surface area is 202 Å². The second kappa shape index (κ2) is 25.7. The average molecular weight is 527 g/mol. The summed E-state index contributed by atoms with van der Waals surface area (Å²) in [7, 11) is 0. The average Bonchev–Trinajstić information content (AvgIpc) is 2.84. The van der Waals surface area contributed by atoms with Gasteiger partial charge in [-0.15, -0.1) is 0 Å². The first-order valence-electron chi connectivity index (χ1n) is 10.4. The lowest BCUT2D eigenvalue weighted by Gasteiger charge is -2.22. The molecule has 1 rings (SSSR count). The fraction of sp³-hybridized carbons (Fsp3) is 0.684. The number of hydrogen-bond acceptors (Lipinski definition) is 7. The summed E-state index contributed by atoms with van der Waals surface area (Å²) >= 11 is 3.19. The molecule has 0 radical (unpaired) electrons. The van der Waals surface area contributed by atoms with Crippen LogP contribution in [-0.2, 0) is 20.8 Å². The number of rotatable bonds is 19. The standard InChI is InChI=1S/C15H23N7O2.C4H8BrN3O/c16-20-18-6-10-23-12-8-22(9-13-24-11-7-19-21-17)14-15-4-2-1-3-5-15;5-1-3-9-4-2-7-8-6/h1-5H,6-14H2;1-4H2. The molecule has 0 aromatic heterocycles. The molecular formula is C19H31BrN10O3. The number of benzene rings is 1. The molecule has 33 heavy (non-hydrogen) atoms. The highest BCUT2D eigenvalue weighted by atomic mass is 79.9. The Morgan fingerprint density at radius 2 is 1.15 bits per heavy atom. The molecule has 0 N–H and O–H groups in total. The third kappa shape index (κ3) is 22.5. The molecule has 0 amide bonds. The van der Waals surface area contributed by atoms with Crippen LogP contribution in [0, 0.1) is 0 Å². The van der Waals surface area contributed by atoms with E-state index in [2.05, 4.69) is 63.0 Å². The number of hydrogen-bond donors (Lipinski definition) is 0. The van der Waals surface area contributed by atoms with Crippen molar-refractivity contribution in [2.45, 2.75) is 6.54 Å². The highest BCUT2D eigenvalue weighted by Crippen LogP contribution is 2.04. The summed E-state index contributed by atoms with van der Waals surface area (Å²) in [4.78, 5) is 10.2. The first kappa shape index (κ1) is 30.5. The first-order valence-corrected chi connectivity index (χ1v) is 11.5. The summed E-state index contributed by atoms with van der Waals surface area (Å²) < 4.78 is 15.9. The molecule has 0 bridgehead atoms. The maximum absolute atomic E-state index is 8.20. The Morgan fingerprint density at radius 3 is 1.58 bits per heavy atom. The first-order chi connectivity index (χ1) is 16.3. The molecule has 0 unspecified atom stereocenters. The van der Waals surface area contributed by atoms with E-state index in [4.69, 9.17) is 30.8 Å². The maximum Gasteiger partial charge on any atom is 0.0593 e. The smallest absolute Gasteiger partial charge is 0.0593 e. The minimum absolute atomic E-state index is 0.345. The predicted molar refractivity (Wildman–Crippen MR) is 130 cm³/mol. The summed E-state index contributed by atoms with van der Waals surface area (Å²) in [6, 6.07) is 10.2. The van der Waals surface area contributed by atoms with Gasteiger partial charge in [-0.05, 0) is 22.2 Å². The summed E-state index contributed by atoms with van der Waals surface area (Å²) in [5.74, 6) is 0. The third-order valence-corrected chi connectivity index (χ3v) is 4.09. The Kier molecular flexibility index (Phi) is 23.8. The van der Waals surface area contributed by atoms with E-state index in [1.54, 1.807) is 0 Å². The second-order valence-corrected chi connectivity index (χ2v) is 6.94. The van der Waals surface area contributed by atoms with Crippen molar-refractivity contribution in [1.29, 1.82) is 0 Å². The lowest BCUT2D eigenvalue weighted by Crippen LogP contribution is -2.31. The number of azide groups is 3. The van der Waals surface area contributed by atoms with Gasteiger partial charge in [-0.25, -0.2) is 0 Å². The minimum atomic E-state index is 0.345. The molecule has 0 fully saturated rings. The largest absolute Gasteiger partial charge is 0.380 e. The van der Waals surface area contributed by atoms with Crippen LogP contribution in [-0.4, -0.2) is 82.6 Å². The molecule has 182 valence electrons. The lowest BCUT2D eigenvalue weighted by molar-refractivity contribution is 0.0763. The van der Waals surface area contributed by atoms with Crippen LogP contribution < -0.4 is 0 Å². The van der Waals surface area contributed by atoms with Crippen LogP contribution in [0.3, 0.4) is 0 Å². The molecule has 0 heterocycles. The molecule has 0 saturated carbocycles. The molecule has 0 aliphatic heterocycles. The molecule has 14 heteroatoms. The van der Waals surface area contributed by atoms with Crippen molar-refractivity contribution in [2.75, 3.05) is 77.7 Å². The van der Waals surface area contributed by atoms with Gasteiger partial charge in [0.15, 0.2) is 0 Å². The summed E-state index contributed by atoms with van der Waals surface area (Å²) in [6.45, 7) is 6.57. The van der Waals surface area contributed by atoms with Crippen molar-refractivity contribution >= 4 is 15.9 Å². The quantitative estimate of drug-likeness (QED) is 0.0821. The van der Waals surface area contributed by atoms with Gasteiger partial charge in [-0.1, -0.05) is 61.6 Å². The van der Waals surface area contributed by atoms with Crippen molar-refractivity contribution in [2.24, 2.45) is 15.3 Å². The Bertz CT molecular complexity index is 696. The molecule has 0 saturated heterocycles. The van der Waals surface area contributed by atoms with Crippen LogP contribution in [0.2, 0.25) is 0 Å². The zero-order chi connectivity index (χ0) is 24.2. The molecule has 1 aromatic carbocycles. The summed E-state index contributed by atoms with van der Waals surface area (Å²) in [5, 5.41) is 11.0. The zero-order valence-electron chi connectivity index (χ0n) is 18.7. The van der Waals surface area contributed by atoms with E-state index in [9.17, 15) is 0 Å². The van der Waals surface area contributed by atoms with Crippen LogP contribution in [0.25, 0.3) is 31.3 Å². The monoisotopic (exact) mass is 526 g/mol. The van der Waals surface area contributed by atoms with Gasteiger partial charge in [-0.2, -0.15) is 0 Å². The van der Waals surface area contributed by atoms with Gasteiger partial charge >= 0.3 is 0 Å². The van der Waals surface area contributed by atoms with Gasteiger partial charge in [0.1, 0.15) is 0 Å². The molecule has 0 atom stereocenters. The van der Waals surface area contributed by atoms with Crippen molar-refractivity contribution < 1.29 is 14.2 Å². The van der Waals surface area contributed by atoms with E-state index < -0.39 is 0 Å². The SMILES string of the molecule is [N-]=[N+]=NCCOCCBr.[N-]=[N+]=NCCOCCN(CCOCCN=[N+]=[N-])Cc1ccccc1. The number of halogens is 1. The van der Waals surface area contributed by atoms with E-state index in [-0.39, 0.29) is 0 Å². The van der Waals surface area contributed by atoms with E-state index in [0.717, 1.165) is 25.0 Å². The Balaban J connectivity index is 0.000000960. The molecule has 0 aliphatic carbocycles. The van der Waals surface area contributed by atoms with Crippen LogP contribution >= 0.6 is 15.9 Å². The van der Waals surface area contributed by atoms with E-state index in [1.807, 2.05) is 18.2 Å². The molecule has 13 nitrogen and oxygen atoms in total. The summed E-state index contributed by atoms with van der Waals surface area (Å²) in [6.07, 6.45) is 0. The third-order valence-electron chi connectivity index (χ3n) is 3.77. The molecule has 0 aliphatic rings. The van der Waals surface area contributed by atoms with Gasteiger partial charge in [0.2, 0.25) is 0 Å². The van der Waals surface area contributed by atoms with Crippen LogP contribution in [0.5, 0.6) is 0 Å². The molecule has 1 aromatic rings. The number of nitrogens with zero attached hydrogens (tertiary/aromatic N) is 10. The molecular weight excluding hydrogens is 496 g/mol. The van der Waals surface area contributed by atoms with Crippen molar-refractivity contribution in [3.8, 4) is 0 Å². The summed E-state index contributed by atoms with van der Waals surface area (Å²) in [5.41, 5.74) is 25.4. The molecule has 0 spiro atoms. The van der Waals surface area contributed by atoms with E-state index in [0.29, 0.717) is 59.3 Å². The second-order valence-electron chi connectivity index (χ2n) is 6.15. The fourth-order valence-electron chi connectivity index (χ4n) is 2.31. The minimum Gasteiger partial charge on any atom is -0.380 e. The van der Waals surface area contributed by atoms with Crippen LogP contribution in [0.15, 0.2) is 45.7 Å².